The number of aromatic hydroxyl groups is 1. The summed E-state index contributed by atoms with van der Waals surface area (Å²) in [5, 5.41) is 10.4. The normalized spacial score (nSPS) is 10.5. The van der Waals surface area contributed by atoms with E-state index in [1.54, 1.807) is 18.3 Å². The monoisotopic (exact) mass is 173 g/mol. The smallest absolute Gasteiger partial charge is 0.116 e. The molecule has 0 spiro atoms. The third-order valence-electron chi connectivity index (χ3n) is 2.15. The van der Waals surface area contributed by atoms with Crippen LogP contribution in [0.5, 0.6) is 5.75 Å². The lowest BCUT2D eigenvalue weighted by molar-refractivity contribution is 0.475. The van der Waals surface area contributed by atoms with E-state index in [4.69, 9.17) is 0 Å². The fourth-order valence-electron chi connectivity index (χ4n) is 1.52. The fourth-order valence-corrected chi connectivity index (χ4v) is 1.52. The number of nitrogens with zero attached hydrogens (tertiary/aromatic N) is 1. The summed E-state index contributed by atoms with van der Waals surface area (Å²) in [6, 6.07) is 7.35. The van der Waals surface area contributed by atoms with Gasteiger partial charge in [-0.15, -0.1) is 0 Å². The SMILES string of the molecule is CCc1cc(O)cc2cccnc12. The molecule has 13 heavy (non-hydrogen) atoms. The lowest BCUT2D eigenvalue weighted by Crippen LogP contribution is -1.86. The summed E-state index contributed by atoms with van der Waals surface area (Å²) in [5.74, 6) is 0.317. The lowest BCUT2D eigenvalue weighted by Gasteiger charge is -2.03. The van der Waals surface area contributed by atoms with Crippen molar-refractivity contribution in [3.63, 3.8) is 0 Å². The van der Waals surface area contributed by atoms with Gasteiger partial charge in [0, 0.05) is 11.6 Å². The highest BCUT2D eigenvalue weighted by atomic mass is 16.3. The van der Waals surface area contributed by atoms with E-state index in [9.17, 15) is 5.11 Å². The van der Waals surface area contributed by atoms with Crippen LogP contribution in [0.4, 0.5) is 0 Å². The molecule has 0 amide bonds. The average Bonchev–Trinajstić information content (AvgIpc) is 2.16. The van der Waals surface area contributed by atoms with Crippen molar-refractivity contribution in [1.82, 2.24) is 4.98 Å². The number of phenolic OH excluding ortho intramolecular Hbond substituents is 1. The third-order valence-corrected chi connectivity index (χ3v) is 2.15. The maximum atomic E-state index is 9.41. The zero-order valence-electron chi connectivity index (χ0n) is 7.49. The summed E-state index contributed by atoms with van der Waals surface area (Å²) in [7, 11) is 0. The summed E-state index contributed by atoms with van der Waals surface area (Å²) in [6.45, 7) is 2.06. The Morgan fingerprint density at radius 2 is 2.23 bits per heavy atom. The van der Waals surface area contributed by atoms with Gasteiger partial charge in [-0.3, -0.25) is 4.98 Å². The lowest BCUT2D eigenvalue weighted by atomic mass is 10.1. The maximum absolute atomic E-state index is 9.41. The molecule has 0 aliphatic carbocycles. The minimum absolute atomic E-state index is 0.317. The van der Waals surface area contributed by atoms with Gasteiger partial charge in [0.15, 0.2) is 0 Å². The molecule has 2 rings (SSSR count). The molecule has 1 heterocycles. The van der Waals surface area contributed by atoms with Crippen molar-refractivity contribution in [2.45, 2.75) is 13.3 Å². The Morgan fingerprint density at radius 3 is 3.00 bits per heavy atom. The number of aryl methyl sites for hydroxylation is 1. The molecule has 1 aromatic heterocycles. The van der Waals surface area contributed by atoms with Crippen molar-refractivity contribution in [1.29, 1.82) is 0 Å². The second-order valence-corrected chi connectivity index (χ2v) is 3.03. The largest absolute Gasteiger partial charge is 0.508 e. The Balaban J connectivity index is 2.81. The molecule has 2 aromatic rings. The molecule has 0 bridgehead atoms. The minimum Gasteiger partial charge on any atom is -0.508 e. The standard InChI is InChI=1S/C11H11NO/c1-2-8-6-10(13)7-9-4-3-5-12-11(8)9/h3-7,13H,2H2,1H3. The van der Waals surface area contributed by atoms with Gasteiger partial charge in [-0.05, 0) is 30.2 Å². The Kier molecular flexibility index (Phi) is 1.89. The quantitative estimate of drug-likeness (QED) is 0.718. The van der Waals surface area contributed by atoms with Gasteiger partial charge in [0.25, 0.3) is 0 Å². The number of hydrogen-bond acceptors (Lipinski definition) is 2. The number of fused-ring (bicyclic) bond motifs is 1. The van der Waals surface area contributed by atoms with Gasteiger partial charge in [0.2, 0.25) is 0 Å². The van der Waals surface area contributed by atoms with Crippen molar-refractivity contribution < 1.29 is 5.11 Å². The van der Waals surface area contributed by atoms with Crippen molar-refractivity contribution in [3.8, 4) is 5.75 Å². The maximum Gasteiger partial charge on any atom is 0.116 e. The van der Waals surface area contributed by atoms with E-state index in [1.807, 2.05) is 12.1 Å². The molecule has 0 saturated carbocycles. The summed E-state index contributed by atoms with van der Waals surface area (Å²) in [6.07, 6.45) is 2.67. The van der Waals surface area contributed by atoms with Crippen LogP contribution >= 0.6 is 0 Å². The van der Waals surface area contributed by atoms with Gasteiger partial charge in [0.05, 0.1) is 5.52 Å². The first-order valence-corrected chi connectivity index (χ1v) is 4.38. The van der Waals surface area contributed by atoms with Gasteiger partial charge in [0.1, 0.15) is 5.75 Å². The molecule has 2 heteroatoms. The van der Waals surface area contributed by atoms with Crippen molar-refractivity contribution >= 4 is 10.9 Å². The molecule has 0 atom stereocenters. The van der Waals surface area contributed by atoms with Crippen LogP contribution in [0.2, 0.25) is 0 Å². The predicted molar refractivity (Wildman–Crippen MR) is 52.8 cm³/mol. The highest BCUT2D eigenvalue weighted by Crippen LogP contribution is 2.22. The predicted octanol–water partition coefficient (Wildman–Crippen LogP) is 2.50. The zero-order chi connectivity index (χ0) is 9.26. The number of hydrogen-bond donors (Lipinski definition) is 1. The van der Waals surface area contributed by atoms with Crippen molar-refractivity contribution in [2.24, 2.45) is 0 Å². The Labute approximate surface area is 76.9 Å². The van der Waals surface area contributed by atoms with E-state index in [0.29, 0.717) is 5.75 Å². The molecular formula is C11H11NO. The van der Waals surface area contributed by atoms with Gasteiger partial charge in [-0.25, -0.2) is 0 Å². The molecule has 0 aliphatic heterocycles. The summed E-state index contributed by atoms with van der Waals surface area (Å²) >= 11 is 0. The van der Waals surface area contributed by atoms with Crippen molar-refractivity contribution in [2.75, 3.05) is 0 Å². The summed E-state index contributed by atoms with van der Waals surface area (Å²) in [5.41, 5.74) is 2.08. The summed E-state index contributed by atoms with van der Waals surface area (Å²) < 4.78 is 0. The third kappa shape index (κ3) is 1.35. The van der Waals surface area contributed by atoms with Crippen LogP contribution < -0.4 is 0 Å². The molecule has 0 radical (unpaired) electrons. The summed E-state index contributed by atoms with van der Waals surface area (Å²) in [4.78, 5) is 4.28. The highest BCUT2D eigenvalue weighted by molar-refractivity contribution is 5.83. The van der Waals surface area contributed by atoms with E-state index in [0.717, 1.165) is 22.9 Å². The molecule has 2 nitrogen and oxygen atoms in total. The first kappa shape index (κ1) is 8.05. The highest BCUT2D eigenvalue weighted by Gasteiger charge is 2.01. The molecule has 0 saturated heterocycles. The average molecular weight is 173 g/mol. The molecule has 66 valence electrons. The van der Waals surface area contributed by atoms with Crippen LogP contribution in [0.15, 0.2) is 30.5 Å². The van der Waals surface area contributed by atoms with Crippen LogP contribution in [0.3, 0.4) is 0 Å². The van der Waals surface area contributed by atoms with E-state index in [2.05, 4.69) is 11.9 Å². The number of pyridine rings is 1. The topological polar surface area (TPSA) is 33.1 Å². The molecule has 1 aromatic carbocycles. The van der Waals surface area contributed by atoms with Gasteiger partial charge < -0.3 is 5.11 Å². The second-order valence-electron chi connectivity index (χ2n) is 3.03. The van der Waals surface area contributed by atoms with E-state index in [-0.39, 0.29) is 0 Å². The molecule has 0 aliphatic rings. The second kappa shape index (κ2) is 3.05. The van der Waals surface area contributed by atoms with Crippen LogP contribution in [0.25, 0.3) is 10.9 Å². The Hall–Kier alpha value is -1.57. The van der Waals surface area contributed by atoms with Crippen molar-refractivity contribution in [3.05, 3.63) is 36.0 Å². The van der Waals surface area contributed by atoms with Crippen LogP contribution in [0, 0.1) is 0 Å². The van der Waals surface area contributed by atoms with Crippen LogP contribution in [-0.4, -0.2) is 10.1 Å². The Bertz CT molecular complexity index is 437. The minimum atomic E-state index is 0.317. The number of phenols is 1. The number of rotatable bonds is 1. The number of benzene rings is 1. The fraction of sp³-hybridized carbons (Fsp3) is 0.182. The number of aromatic nitrogens is 1. The first-order valence-electron chi connectivity index (χ1n) is 4.38. The van der Waals surface area contributed by atoms with E-state index in [1.165, 1.54) is 0 Å². The molecule has 1 N–H and O–H groups in total. The molecular weight excluding hydrogens is 162 g/mol. The van der Waals surface area contributed by atoms with E-state index < -0.39 is 0 Å². The van der Waals surface area contributed by atoms with Crippen LogP contribution in [-0.2, 0) is 6.42 Å². The van der Waals surface area contributed by atoms with Gasteiger partial charge in [-0.1, -0.05) is 13.0 Å². The Morgan fingerprint density at radius 1 is 1.38 bits per heavy atom. The molecule has 0 unspecified atom stereocenters. The van der Waals surface area contributed by atoms with Gasteiger partial charge in [-0.2, -0.15) is 0 Å². The first-order chi connectivity index (χ1) is 6.31. The van der Waals surface area contributed by atoms with Gasteiger partial charge >= 0.3 is 0 Å². The van der Waals surface area contributed by atoms with Crippen LogP contribution in [0.1, 0.15) is 12.5 Å². The zero-order valence-corrected chi connectivity index (χ0v) is 7.49. The van der Waals surface area contributed by atoms with E-state index >= 15 is 0 Å². The molecule has 0 fully saturated rings.